The van der Waals surface area contributed by atoms with Gasteiger partial charge in [-0.3, -0.25) is 9.69 Å². The predicted molar refractivity (Wildman–Crippen MR) is 118 cm³/mol. The van der Waals surface area contributed by atoms with Gasteiger partial charge in [-0.15, -0.1) is 0 Å². The minimum absolute atomic E-state index is 0.169. The van der Waals surface area contributed by atoms with Crippen molar-refractivity contribution in [2.24, 2.45) is 17.8 Å². The number of hydrogen-bond donors (Lipinski definition) is 0. The number of carbonyl (C=O) groups is 1. The molecule has 0 aromatic carbocycles. The molecule has 3 nitrogen and oxygen atoms in total. The van der Waals surface area contributed by atoms with Crippen molar-refractivity contribution < 1.29 is 9.53 Å². The van der Waals surface area contributed by atoms with E-state index in [9.17, 15) is 4.79 Å². The average Bonchev–Trinajstić information content (AvgIpc) is 2.58. The van der Waals surface area contributed by atoms with Crippen LogP contribution in [-0.4, -0.2) is 41.5 Å². The van der Waals surface area contributed by atoms with Crippen molar-refractivity contribution in [3.8, 4) is 0 Å². The van der Waals surface area contributed by atoms with Crippen LogP contribution in [0.3, 0.4) is 0 Å². The summed E-state index contributed by atoms with van der Waals surface area (Å²) in [5.74, 6) is 1.75. The Balaban J connectivity index is 5.40. The lowest BCUT2D eigenvalue weighted by Gasteiger charge is -2.46. The first-order valence-electron chi connectivity index (χ1n) is 11.2. The van der Waals surface area contributed by atoms with Gasteiger partial charge in [-0.05, 0) is 72.3 Å². The van der Waals surface area contributed by atoms with E-state index in [2.05, 4.69) is 60.3 Å². The van der Waals surface area contributed by atoms with E-state index in [4.69, 9.17) is 4.74 Å². The number of carbonyl (C=O) groups excluding carboxylic acids is 1. The molecule has 0 aliphatic rings. The zero-order valence-corrected chi connectivity index (χ0v) is 20.3. The van der Waals surface area contributed by atoms with Crippen LogP contribution in [0.15, 0.2) is 0 Å². The second-order valence-corrected chi connectivity index (χ2v) is 9.91. The molecule has 0 bridgehead atoms. The molecule has 0 aliphatic heterocycles. The van der Waals surface area contributed by atoms with Crippen molar-refractivity contribution in [3.63, 3.8) is 0 Å². The zero-order valence-electron chi connectivity index (χ0n) is 20.3. The van der Waals surface area contributed by atoms with Crippen LogP contribution in [-0.2, 0) is 9.53 Å². The van der Waals surface area contributed by atoms with Gasteiger partial charge in [-0.1, -0.05) is 53.9 Å². The van der Waals surface area contributed by atoms with Crippen molar-refractivity contribution in [1.29, 1.82) is 0 Å². The van der Waals surface area contributed by atoms with Crippen molar-refractivity contribution in [2.75, 3.05) is 13.6 Å². The molecule has 0 saturated heterocycles. The van der Waals surface area contributed by atoms with E-state index in [1.807, 2.05) is 20.9 Å². The Morgan fingerprint density at radius 3 is 1.89 bits per heavy atom. The fourth-order valence-electron chi connectivity index (χ4n) is 3.64. The third kappa shape index (κ3) is 8.23. The molecule has 0 spiro atoms. The van der Waals surface area contributed by atoms with Crippen LogP contribution in [0, 0.1) is 17.8 Å². The molecule has 3 heteroatoms. The molecule has 0 unspecified atom stereocenters. The molecule has 0 aromatic heterocycles. The Labute approximate surface area is 170 Å². The van der Waals surface area contributed by atoms with Gasteiger partial charge in [0.05, 0.1) is 12.1 Å². The first kappa shape index (κ1) is 26.6. The van der Waals surface area contributed by atoms with Crippen molar-refractivity contribution in [2.45, 2.75) is 119 Å². The lowest BCUT2D eigenvalue weighted by molar-refractivity contribution is -0.191. The Bertz CT molecular complexity index is 432. The number of ketones is 1. The number of likely N-dealkylation sites (N-methyl/N-ethyl adjacent to an activating group) is 1. The molecule has 0 rings (SSSR count). The minimum Gasteiger partial charge on any atom is -0.361 e. The summed E-state index contributed by atoms with van der Waals surface area (Å²) in [6.07, 6.45) is 5.86. The van der Waals surface area contributed by atoms with E-state index in [1.54, 1.807) is 0 Å². The quantitative estimate of drug-likeness (QED) is 0.350. The van der Waals surface area contributed by atoms with Crippen LogP contribution in [0.5, 0.6) is 0 Å². The molecule has 4 atom stereocenters. The van der Waals surface area contributed by atoms with Gasteiger partial charge in [-0.25, -0.2) is 0 Å². The molecule has 0 aromatic rings. The molecule has 0 heterocycles. The first-order valence-corrected chi connectivity index (χ1v) is 11.2. The molecule has 0 saturated carbocycles. The molecule has 0 radical (unpaired) electrons. The summed E-state index contributed by atoms with van der Waals surface area (Å²) in [5.41, 5.74) is -1.07. The van der Waals surface area contributed by atoms with Crippen LogP contribution < -0.4 is 0 Å². The summed E-state index contributed by atoms with van der Waals surface area (Å²) in [4.78, 5) is 15.1. The maximum absolute atomic E-state index is 13.0. The monoisotopic (exact) mass is 383 g/mol. The van der Waals surface area contributed by atoms with Crippen molar-refractivity contribution in [3.05, 3.63) is 0 Å². The highest BCUT2D eigenvalue weighted by molar-refractivity contribution is 5.88. The highest BCUT2D eigenvalue weighted by Gasteiger charge is 2.44. The Morgan fingerprint density at radius 1 is 0.926 bits per heavy atom. The Kier molecular flexibility index (Phi) is 11.4. The summed E-state index contributed by atoms with van der Waals surface area (Å²) >= 11 is 0. The summed E-state index contributed by atoms with van der Waals surface area (Å²) in [5, 5.41) is 0. The topological polar surface area (TPSA) is 29.5 Å². The summed E-state index contributed by atoms with van der Waals surface area (Å²) in [6, 6.07) is 0.351. The highest BCUT2D eigenvalue weighted by Crippen LogP contribution is 2.39. The number of ether oxygens (including phenoxy) is 1. The summed E-state index contributed by atoms with van der Waals surface area (Å²) in [7, 11) is 2.01. The number of rotatable bonds is 14. The van der Waals surface area contributed by atoms with Crippen molar-refractivity contribution in [1.82, 2.24) is 4.90 Å². The van der Waals surface area contributed by atoms with E-state index in [0.29, 0.717) is 24.4 Å². The van der Waals surface area contributed by atoms with Gasteiger partial charge in [0, 0.05) is 6.04 Å². The lowest BCUT2D eigenvalue weighted by Crippen LogP contribution is -2.53. The van der Waals surface area contributed by atoms with Crippen LogP contribution in [0.4, 0.5) is 0 Å². The molecule has 27 heavy (non-hydrogen) atoms. The van der Waals surface area contributed by atoms with Gasteiger partial charge in [0.2, 0.25) is 0 Å². The second kappa shape index (κ2) is 11.6. The fraction of sp³-hybridized carbons (Fsp3) is 0.958. The maximum atomic E-state index is 13.0. The number of Topliss-reactive ketones (excluding diaryl/α,β-unsaturated/α-hetero) is 1. The van der Waals surface area contributed by atoms with Crippen LogP contribution in [0.2, 0.25) is 0 Å². The molecule has 0 N–H and O–H groups in total. The standard InChI is InChI=1S/C24H49NO2/c1-12-14-20(6)24(10,21(7)16-15-19(5)13-2)27-23(8,9)22(26)17-25(11)18(3)4/h18-21H,12-17H2,1-11H3/t19-,20-,21-,24+/m0/s1. The third-order valence-electron chi connectivity index (χ3n) is 6.89. The molecule has 0 amide bonds. The summed E-state index contributed by atoms with van der Waals surface area (Å²) in [6.45, 7) is 22.3. The molecular weight excluding hydrogens is 334 g/mol. The van der Waals surface area contributed by atoms with Crippen LogP contribution in [0.25, 0.3) is 0 Å². The van der Waals surface area contributed by atoms with Gasteiger partial charge in [0.1, 0.15) is 5.60 Å². The van der Waals surface area contributed by atoms with Gasteiger partial charge >= 0.3 is 0 Å². The summed E-state index contributed by atoms with van der Waals surface area (Å²) < 4.78 is 6.73. The lowest BCUT2D eigenvalue weighted by atomic mass is 9.74. The second-order valence-electron chi connectivity index (χ2n) is 9.91. The smallest absolute Gasteiger partial charge is 0.177 e. The minimum atomic E-state index is -0.773. The molecular formula is C24H49NO2. The number of hydrogen-bond acceptors (Lipinski definition) is 3. The largest absolute Gasteiger partial charge is 0.361 e. The fourth-order valence-corrected chi connectivity index (χ4v) is 3.64. The van der Waals surface area contributed by atoms with E-state index in [0.717, 1.165) is 25.2 Å². The molecule has 162 valence electrons. The van der Waals surface area contributed by atoms with E-state index >= 15 is 0 Å². The van der Waals surface area contributed by atoms with E-state index < -0.39 is 5.60 Å². The number of nitrogens with zero attached hydrogens (tertiary/aromatic N) is 1. The highest BCUT2D eigenvalue weighted by atomic mass is 16.5. The van der Waals surface area contributed by atoms with Gasteiger partial charge < -0.3 is 4.74 Å². The van der Waals surface area contributed by atoms with Gasteiger partial charge in [-0.2, -0.15) is 0 Å². The average molecular weight is 384 g/mol. The Hall–Kier alpha value is -0.410. The first-order chi connectivity index (χ1) is 12.3. The van der Waals surface area contributed by atoms with Gasteiger partial charge in [0.25, 0.3) is 0 Å². The third-order valence-corrected chi connectivity index (χ3v) is 6.89. The van der Waals surface area contributed by atoms with Crippen molar-refractivity contribution >= 4 is 5.78 Å². The molecule has 0 fully saturated rings. The molecule has 0 aliphatic carbocycles. The van der Waals surface area contributed by atoms with E-state index in [1.165, 1.54) is 12.8 Å². The Morgan fingerprint density at radius 2 is 1.44 bits per heavy atom. The SMILES string of the molecule is CCC[C@H](C)[C@@](C)(OC(C)(C)C(=O)CN(C)C(C)C)[C@@H](C)CC[C@@H](C)CC. The zero-order chi connectivity index (χ0) is 21.4. The predicted octanol–water partition coefficient (Wildman–Crippen LogP) is 6.35. The van der Waals surface area contributed by atoms with E-state index in [-0.39, 0.29) is 11.4 Å². The normalized spacial score (nSPS) is 18.4. The van der Waals surface area contributed by atoms with Crippen LogP contribution >= 0.6 is 0 Å². The van der Waals surface area contributed by atoms with Crippen LogP contribution in [0.1, 0.15) is 101 Å². The maximum Gasteiger partial charge on any atom is 0.177 e. The van der Waals surface area contributed by atoms with Gasteiger partial charge in [0.15, 0.2) is 5.78 Å².